The molecule has 0 unspecified atom stereocenters. The smallest absolute Gasteiger partial charge is 0.146 e. The predicted octanol–water partition coefficient (Wildman–Crippen LogP) is 3.76. The van der Waals surface area contributed by atoms with Crippen LogP contribution in [0.4, 0.5) is 10.1 Å². The lowest BCUT2D eigenvalue weighted by atomic mass is 10.2. The summed E-state index contributed by atoms with van der Waals surface area (Å²) in [4.78, 5) is 0. The molecule has 0 radical (unpaired) electrons. The van der Waals surface area contributed by atoms with Crippen molar-refractivity contribution in [2.75, 3.05) is 12.8 Å². The van der Waals surface area contributed by atoms with Gasteiger partial charge in [0.05, 0.1) is 12.8 Å². The van der Waals surface area contributed by atoms with Crippen LogP contribution in [0.3, 0.4) is 0 Å². The fraction of sp³-hybridized carbons (Fsp3) is 0.143. The molecule has 0 aliphatic heterocycles. The largest absolute Gasteiger partial charge is 0.497 e. The van der Waals surface area contributed by atoms with Crippen LogP contribution in [0.1, 0.15) is 5.56 Å². The van der Waals surface area contributed by atoms with Gasteiger partial charge in [0, 0.05) is 10.5 Å². The molecule has 0 saturated carbocycles. The summed E-state index contributed by atoms with van der Waals surface area (Å²) in [6, 6.07) is 9.75. The molecule has 3 nitrogen and oxygen atoms in total. The summed E-state index contributed by atoms with van der Waals surface area (Å²) < 4.78 is 24.6. The fourth-order valence-electron chi connectivity index (χ4n) is 1.62. The monoisotopic (exact) mass is 325 g/mol. The zero-order valence-electron chi connectivity index (χ0n) is 10.3. The topological polar surface area (TPSA) is 44.5 Å². The van der Waals surface area contributed by atoms with E-state index in [0.29, 0.717) is 27.2 Å². The van der Waals surface area contributed by atoms with Crippen LogP contribution in [0.15, 0.2) is 40.9 Å². The Morgan fingerprint density at radius 1 is 1.21 bits per heavy atom. The van der Waals surface area contributed by atoms with Crippen LogP contribution < -0.4 is 15.2 Å². The van der Waals surface area contributed by atoms with Crippen LogP contribution in [0.25, 0.3) is 0 Å². The second-order valence-electron chi connectivity index (χ2n) is 3.97. The molecule has 0 aliphatic rings. The first-order valence-corrected chi connectivity index (χ1v) is 6.39. The van der Waals surface area contributed by atoms with Gasteiger partial charge in [-0.3, -0.25) is 0 Å². The number of benzene rings is 2. The van der Waals surface area contributed by atoms with E-state index in [4.69, 9.17) is 15.2 Å². The summed E-state index contributed by atoms with van der Waals surface area (Å²) in [6.45, 7) is 0.230. The summed E-state index contributed by atoms with van der Waals surface area (Å²) in [6.07, 6.45) is 0. The Morgan fingerprint density at radius 3 is 2.68 bits per heavy atom. The molecule has 0 aliphatic carbocycles. The average molecular weight is 326 g/mol. The van der Waals surface area contributed by atoms with Crippen molar-refractivity contribution in [1.29, 1.82) is 0 Å². The highest BCUT2D eigenvalue weighted by Crippen LogP contribution is 2.27. The number of halogens is 2. The van der Waals surface area contributed by atoms with Crippen LogP contribution in [0, 0.1) is 5.82 Å². The Hall–Kier alpha value is -1.75. The van der Waals surface area contributed by atoms with Gasteiger partial charge in [-0.2, -0.15) is 0 Å². The molecular formula is C14H13BrFNO2. The maximum absolute atomic E-state index is 13.2. The van der Waals surface area contributed by atoms with Gasteiger partial charge in [0.1, 0.15) is 23.9 Å². The number of hydrogen-bond acceptors (Lipinski definition) is 3. The molecule has 2 N–H and O–H groups in total. The number of methoxy groups -OCH3 is 1. The Morgan fingerprint density at radius 2 is 2.00 bits per heavy atom. The first kappa shape index (κ1) is 13.7. The third-order valence-corrected chi connectivity index (χ3v) is 3.00. The van der Waals surface area contributed by atoms with Gasteiger partial charge >= 0.3 is 0 Å². The average Bonchev–Trinajstić information content (AvgIpc) is 2.37. The number of nitrogen functional groups attached to an aromatic ring is 1. The number of nitrogens with two attached hydrogens (primary N) is 1. The summed E-state index contributed by atoms with van der Waals surface area (Å²) in [5, 5.41) is 0. The van der Waals surface area contributed by atoms with Crippen molar-refractivity contribution in [3.05, 3.63) is 52.3 Å². The molecule has 2 aromatic rings. The van der Waals surface area contributed by atoms with Crippen molar-refractivity contribution >= 4 is 21.6 Å². The summed E-state index contributed by atoms with van der Waals surface area (Å²) in [7, 11) is 1.57. The van der Waals surface area contributed by atoms with E-state index in [1.807, 2.05) is 0 Å². The van der Waals surface area contributed by atoms with E-state index in [1.165, 1.54) is 12.1 Å². The van der Waals surface area contributed by atoms with Gasteiger partial charge < -0.3 is 15.2 Å². The van der Waals surface area contributed by atoms with Gasteiger partial charge in [-0.1, -0.05) is 15.9 Å². The Kier molecular flexibility index (Phi) is 4.27. The second-order valence-corrected chi connectivity index (χ2v) is 4.89. The summed E-state index contributed by atoms with van der Waals surface area (Å²) in [5.41, 5.74) is 7.03. The van der Waals surface area contributed by atoms with Crippen molar-refractivity contribution in [2.45, 2.75) is 6.61 Å². The predicted molar refractivity (Wildman–Crippen MR) is 75.8 cm³/mol. The zero-order chi connectivity index (χ0) is 13.8. The molecule has 2 aromatic carbocycles. The fourth-order valence-corrected chi connectivity index (χ4v) is 2.13. The van der Waals surface area contributed by atoms with Gasteiger partial charge in [-0.05, 0) is 35.9 Å². The van der Waals surface area contributed by atoms with Crippen molar-refractivity contribution < 1.29 is 13.9 Å². The maximum Gasteiger partial charge on any atom is 0.146 e. The highest BCUT2D eigenvalue weighted by Gasteiger charge is 2.05. The Balaban J connectivity index is 2.13. The van der Waals surface area contributed by atoms with E-state index in [9.17, 15) is 4.39 Å². The molecule has 0 fully saturated rings. The molecule has 5 heteroatoms. The van der Waals surface area contributed by atoms with Gasteiger partial charge in [-0.15, -0.1) is 0 Å². The Labute approximate surface area is 119 Å². The third-order valence-electron chi connectivity index (χ3n) is 2.54. The first-order valence-electron chi connectivity index (χ1n) is 5.60. The third kappa shape index (κ3) is 3.61. The van der Waals surface area contributed by atoms with Crippen molar-refractivity contribution in [1.82, 2.24) is 0 Å². The van der Waals surface area contributed by atoms with E-state index in [0.717, 1.165) is 0 Å². The number of ether oxygens (including phenoxy) is 2. The van der Waals surface area contributed by atoms with Crippen molar-refractivity contribution in [3.8, 4) is 11.5 Å². The quantitative estimate of drug-likeness (QED) is 0.870. The van der Waals surface area contributed by atoms with Crippen LogP contribution in [0.5, 0.6) is 11.5 Å². The molecule has 0 amide bonds. The van der Waals surface area contributed by atoms with E-state index in [-0.39, 0.29) is 12.4 Å². The standard InChI is InChI=1S/C14H13BrFNO2/c1-18-12-2-3-13(17)14(7-12)19-8-9-4-10(15)6-11(16)5-9/h2-7H,8,17H2,1H3. The molecular weight excluding hydrogens is 313 g/mol. The molecule has 19 heavy (non-hydrogen) atoms. The van der Waals surface area contributed by atoms with Crippen LogP contribution in [-0.2, 0) is 6.61 Å². The highest BCUT2D eigenvalue weighted by molar-refractivity contribution is 9.10. The SMILES string of the molecule is COc1ccc(N)c(OCc2cc(F)cc(Br)c2)c1. The molecule has 100 valence electrons. The van der Waals surface area contributed by atoms with Gasteiger partial charge in [0.15, 0.2) is 0 Å². The van der Waals surface area contributed by atoms with Crippen LogP contribution in [-0.4, -0.2) is 7.11 Å². The number of rotatable bonds is 4. The minimum atomic E-state index is -0.313. The molecule has 0 heterocycles. The maximum atomic E-state index is 13.2. The normalized spacial score (nSPS) is 10.3. The van der Waals surface area contributed by atoms with E-state index >= 15 is 0 Å². The van der Waals surface area contributed by atoms with Gasteiger partial charge in [-0.25, -0.2) is 4.39 Å². The zero-order valence-corrected chi connectivity index (χ0v) is 11.9. The van der Waals surface area contributed by atoms with Crippen LogP contribution >= 0.6 is 15.9 Å². The number of hydrogen-bond donors (Lipinski definition) is 1. The lowest BCUT2D eigenvalue weighted by Crippen LogP contribution is -2.00. The minimum Gasteiger partial charge on any atom is -0.497 e. The summed E-state index contributed by atoms with van der Waals surface area (Å²) in [5.74, 6) is 0.857. The van der Waals surface area contributed by atoms with Gasteiger partial charge in [0.2, 0.25) is 0 Å². The molecule has 0 bridgehead atoms. The number of anilines is 1. The van der Waals surface area contributed by atoms with E-state index < -0.39 is 0 Å². The molecule has 0 atom stereocenters. The molecule has 2 rings (SSSR count). The lowest BCUT2D eigenvalue weighted by Gasteiger charge is -2.10. The second kappa shape index (κ2) is 5.93. The van der Waals surface area contributed by atoms with Gasteiger partial charge in [0.25, 0.3) is 0 Å². The highest BCUT2D eigenvalue weighted by atomic mass is 79.9. The van der Waals surface area contributed by atoms with E-state index in [1.54, 1.807) is 31.4 Å². The molecule has 0 spiro atoms. The van der Waals surface area contributed by atoms with Crippen molar-refractivity contribution in [2.24, 2.45) is 0 Å². The van der Waals surface area contributed by atoms with E-state index in [2.05, 4.69) is 15.9 Å². The van der Waals surface area contributed by atoms with Crippen molar-refractivity contribution in [3.63, 3.8) is 0 Å². The lowest BCUT2D eigenvalue weighted by molar-refractivity contribution is 0.304. The molecule has 0 aromatic heterocycles. The summed E-state index contributed by atoms with van der Waals surface area (Å²) >= 11 is 3.24. The first-order chi connectivity index (χ1) is 9.08. The van der Waals surface area contributed by atoms with Crippen LogP contribution in [0.2, 0.25) is 0 Å². The minimum absolute atomic E-state index is 0.230. The molecule has 0 saturated heterocycles. The Bertz CT molecular complexity index is 569.